The average Bonchev–Trinajstić information content (AvgIpc) is 2.26. The number of amides is 1. The molecule has 5 nitrogen and oxygen atoms in total. The van der Waals surface area contributed by atoms with Crippen LogP contribution in [0.15, 0.2) is 29.2 Å². The van der Waals surface area contributed by atoms with Crippen LogP contribution in [0.3, 0.4) is 0 Å². The van der Waals surface area contributed by atoms with Crippen LogP contribution in [0.25, 0.3) is 0 Å². The van der Waals surface area contributed by atoms with E-state index >= 15 is 0 Å². The molecule has 1 N–H and O–H groups in total. The molecule has 0 atom stereocenters. The van der Waals surface area contributed by atoms with Crippen LogP contribution in [0.2, 0.25) is 5.02 Å². The Hall–Kier alpha value is -1.71. The van der Waals surface area contributed by atoms with Gasteiger partial charge in [-0.25, -0.2) is 17.9 Å². The van der Waals surface area contributed by atoms with E-state index in [-0.39, 0.29) is 16.5 Å². The third kappa shape index (κ3) is 3.98. The van der Waals surface area contributed by atoms with Crippen LogP contribution in [0.5, 0.6) is 0 Å². The summed E-state index contributed by atoms with van der Waals surface area (Å²) in [5.74, 6) is 2.03. The number of hydrogen-bond donors (Lipinski definition) is 1. The highest BCUT2D eigenvalue weighted by atomic mass is 35.5. The second-order valence-electron chi connectivity index (χ2n) is 2.84. The van der Waals surface area contributed by atoms with Crippen LogP contribution in [0, 0.1) is 12.3 Å². The fourth-order valence-electron chi connectivity index (χ4n) is 0.939. The topological polar surface area (TPSA) is 72.5 Å². The first-order valence-electron chi connectivity index (χ1n) is 4.34. The van der Waals surface area contributed by atoms with Gasteiger partial charge in [-0.2, -0.15) is 0 Å². The van der Waals surface area contributed by atoms with Gasteiger partial charge in [-0.15, -0.1) is 6.42 Å². The van der Waals surface area contributed by atoms with Crippen molar-refractivity contribution in [2.24, 2.45) is 0 Å². The molecule has 1 amide bonds. The van der Waals surface area contributed by atoms with E-state index in [0.717, 1.165) is 0 Å². The molecule has 0 aliphatic rings. The number of terminal acetylenes is 1. The van der Waals surface area contributed by atoms with Crippen molar-refractivity contribution in [2.75, 3.05) is 6.61 Å². The molecule has 0 heterocycles. The first-order chi connectivity index (χ1) is 7.95. The number of sulfonamides is 1. The van der Waals surface area contributed by atoms with Crippen LogP contribution in [0.1, 0.15) is 0 Å². The molecule has 90 valence electrons. The first-order valence-corrected chi connectivity index (χ1v) is 6.20. The SMILES string of the molecule is C#CCOC(=O)NS(=O)(=O)c1cccc(Cl)c1. The lowest BCUT2D eigenvalue weighted by atomic mass is 10.4. The van der Waals surface area contributed by atoms with Gasteiger partial charge in [0.25, 0.3) is 10.0 Å². The van der Waals surface area contributed by atoms with Gasteiger partial charge in [-0.1, -0.05) is 23.6 Å². The summed E-state index contributed by atoms with van der Waals surface area (Å²) in [6.45, 7) is -0.309. The summed E-state index contributed by atoms with van der Waals surface area (Å²) in [5, 5.41) is 0.241. The molecule has 0 saturated heterocycles. The lowest BCUT2D eigenvalue weighted by molar-refractivity contribution is 0.166. The molecule has 0 aliphatic heterocycles. The fraction of sp³-hybridized carbons (Fsp3) is 0.100. The van der Waals surface area contributed by atoms with Crippen LogP contribution in [-0.4, -0.2) is 21.1 Å². The Morgan fingerprint density at radius 3 is 2.82 bits per heavy atom. The minimum atomic E-state index is -3.99. The number of halogens is 1. The predicted octanol–water partition coefficient (Wildman–Crippen LogP) is 1.39. The Kier molecular flexibility index (Phi) is 4.37. The summed E-state index contributed by atoms with van der Waals surface area (Å²) >= 11 is 5.64. The number of carbonyl (C=O) groups is 1. The maximum Gasteiger partial charge on any atom is 0.422 e. The fourth-order valence-corrected chi connectivity index (χ4v) is 2.13. The van der Waals surface area contributed by atoms with Gasteiger partial charge in [0.2, 0.25) is 0 Å². The molecule has 0 unspecified atom stereocenters. The number of ether oxygens (including phenoxy) is 1. The van der Waals surface area contributed by atoms with E-state index in [1.54, 1.807) is 4.72 Å². The van der Waals surface area contributed by atoms with E-state index in [1.165, 1.54) is 24.3 Å². The zero-order chi connectivity index (χ0) is 12.9. The number of nitrogens with one attached hydrogen (secondary N) is 1. The quantitative estimate of drug-likeness (QED) is 0.845. The van der Waals surface area contributed by atoms with Crippen molar-refractivity contribution < 1.29 is 17.9 Å². The molecular weight excluding hydrogens is 266 g/mol. The maximum atomic E-state index is 11.6. The highest BCUT2D eigenvalue weighted by Crippen LogP contribution is 2.15. The minimum absolute atomic E-state index is 0.136. The number of carbonyl (C=O) groups excluding carboxylic acids is 1. The van der Waals surface area contributed by atoms with E-state index in [0.29, 0.717) is 0 Å². The molecule has 1 aromatic rings. The number of hydrogen-bond acceptors (Lipinski definition) is 4. The van der Waals surface area contributed by atoms with E-state index in [1.807, 2.05) is 5.92 Å². The molecule has 0 bridgehead atoms. The Balaban J connectivity index is 2.83. The van der Waals surface area contributed by atoms with E-state index in [4.69, 9.17) is 18.0 Å². The van der Waals surface area contributed by atoms with Gasteiger partial charge in [-0.3, -0.25) is 0 Å². The summed E-state index contributed by atoms with van der Waals surface area (Å²) < 4.78 is 29.3. The van der Waals surface area contributed by atoms with Gasteiger partial charge in [0.15, 0.2) is 6.61 Å². The molecule has 1 rings (SSSR count). The van der Waals surface area contributed by atoms with Crippen LogP contribution in [-0.2, 0) is 14.8 Å². The molecule has 0 fully saturated rings. The summed E-state index contributed by atoms with van der Waals surface area (Å²) in [4.78, 5) is 10.9. The molecular formula is C10H8ClNO4S. The molecule has 0 radical (unpaired) electrons. The van der Waals surface area contributed by atoms with Crippen molar-refractivity contribution in [1.82, 2.24) is 4.72 Å². The molecule has 0 aliphatic carbocycles. The van der Waals surface area contributed by atoms with Crippen LogP contribution >= 0.6 is 11.6 Å². The number of benzene rings is 1. The maximum absolute atomic E-state index is 11.6. The van der Waals surface area contributed by atoms with Gasteiger partial charge in [0.1, 0.15) is 0 Å². The monoisotopic (exact) mass is 273 g/mol. The third-order valence-electron chi connectivity index (χ3n) is 1.61. The van der Waals surface area contributed by atoms with Gasteiger partial charge in [-0.05, 0) is 18.2 Å². The lowest BCUT2D eigenvalue weighted by Crippen LogP contribution is -2.31. The lowest BCUT2D eigenvalue weighted by Gasteiger charge is -2.06. The average molecular weight is 274 g/mol. The van der Waals surface area contributed by atoms with Gasteiger partial charge < -0.3 is 4.74 Å². The smallest absolute Gasteiger partial charge is 0.422 e. The Bertz CT molecular complexity index is 562. The molecule has 0 saturated carbocycles. The summed E-state index contributed by atoms with van der Waals surface area (Å²) in [7, 11) is -3.99. The van der Waals surface area contributed by atoms with Crippen molar-refractivity contribution in [3.63, 3.8) is 0 Å². The Morgan fingerprint density at radius 1 is 1.53 bits per heavy atom. The van der Waals surface area contributed by atoms with Crippen LogP contribution in [0.4, 0.5) is 4.79 Å². The molecule has 0 aromatic heterocycles. The van der Waals surface area contributed by atoms with Crippen LogP contribution < -0.4 is 4.72 Å². The van der Waals surface area contributed by atoms with Gasteiger partial charge in [0.05, 0.1) is 4.90 Å². The minimum Gasteiger partial charge on any atom is -0.436 e. The highest BCUT2D eigenvalue weighted by molar-refractivity contribution is 7.90. The zero-order valence-electron chi connectivity index (χ0n) is 8.51. The van der Waals surface area contributed by atoms with Crippen molar-refractivity contribution in [2.45, 2.75) is 4.90 Å². The summed E-state index contributed by atoms with van der Waals surface area (Å²) in [5.41, 5.74) is 0. The Labute approximate surface area is 104 Å². The molecule has 1 aromatic carbocycles. The third-order valence-corrected chi connectivity index (χ3v) is 3.16. The van der Waals surface area contributed by atoms with Crippen molar-refractivity contribution in [3.05, 3.63) is 29.3 Å². The van der Waals surface area contributed by atoms with Crippen molar-refractivity contribution in [3.8, 4) is 12.3 Å². The largest absolute Gasteiger partial charge is 0.436 e. The summed E-state index contributed by atoms with van der Waals surface area (Å²) in [6, 6.07) is 5.46. The van der Waals surface area contributed by atoms with E-state index < -0.39 is 16.1 Å². The second-order valence-corrected chi connectivity index (χ2v) is 4.96. The molecule has 17 heavy (non-hydrogen) atoms. The van der Waals surface area contributed by atoms with Gasteiger partial charge in [0, 0.05) is 5.02 Å². The van der Waals surface area contributed by atoms with E-state index in [2.05, 4.69) is 4.74 Å². The number of rotatable bonds is 3. The van der Waals surface area contributed by atoms with E-state index in [9.17, 15) is 13.2 Å². The molecule has 7 heteroatoms. The predicted molar refractivity (Wildman–Crippen MR) is 62.0 cm³/mol. The van der Waals surface area contributed by atoms with Gasteiger partial charge >= 0.3 is 6.09 Å². The molecule has 0 spiro atoms. The zero-order valence-corrected chi connectivity index (χ0v) is 10.1. The van der Waals surface area contributed by atoms with Crippen molar-refractivity contribution >= 4 is 27.7 Å². The van der Waals surface area contributed by atoms with Crippen molar-refractivity contribution in [1.29, 1.82) is 0 Å². The Morgan fingerprint density at radius 2 is 2.24 bits per heavy atom. The second kappa shape index (κ2) is 5.57. The highest BCUT2D eigenvalue weighted by Gasteiger charge is 2.18. The first kappa shape index (κ1) is 13.4. The standard InChI is InChI=1S/C10H8ClNO4S/c1-2-6-16-10(13)12-17(14,15)9-5-3-4-8(11)7-9/h1,3-5,7H,6H2,(H,12,13). The normalized spacial score (nSPS) is 10.4. The summed E-state index contributed by atoms with van der Waals surface area (Å²) in [6.07, 6.45) is 3.71.